The monoisotopic (exact) mass is 299 g/mol. The van der Waals surface area contributed by atoms with E-state index in [1.807, 2.05) is 0 Å². The van der Waals surface area contributed by atoms with Crippen molar-refractivity contribution in [2.45, 2.75) is 17.3 Å². The van der Waals surface area contributed by atoms with Gasteiger partial charge in [0, 0.05) is 7.05 Å². The van der Waals surface area contributed by atoms with Crippen LogP contribution in [0.2, 0.25) is 0 Å². The minimum Gasteiger partial charge on any atom is -0.320 e. The standard InChI is InChI=1S/C11H11F2N5OS/c1-6(20-11-15-16-17-18(11)2)10(19)14-9-7(12)4-3-5-8(9)13/h3-6H,1-2H3,(H,14,19)/t6-/m1/s1. The lowest BCUT2D eigenvalue weighted by Gasteiger charge is -2.11. The average Bonchev–Trinajstić information content (AvgIpc) is 2.79. The fraction of sp³-hybridized carbons (Fsp3) is 0.273. The van der Waals surface area contributed by atoms with Gasteiger partial charge in [0.25, 0.3) is 0 Å². The number of hydrogen-bond donors (Lipinski definition) is 1. The van der Waals surface area contributed by atoms with Gasteiger partial charge in [0.15, 0.2) is 0 Å². The van der Waals surface area contributed by atoms with Crippen molar-refractivity contribution in [2.24, 2.45) is 7.05 Å². The molecule has 20 heavy (non-hydrogen) atoms. The Morgan fingerprint density at radius 3 is 2.60 bits per heavy atom. The SMILES string of the molecule is C[C@@H](Sc1nnnn1C)C(=O)Nc1c(F)cccc1F. The average molecular weight is 299 g/mol. The molecule has 9 heteroatoms. The number of rotatable bonds is 4. The van der Waals surface area contributed by atoms with E-state index in [-0.39, 0.29) is 0 Å². The highest BCUT2D eigenvalue weighted by Gasteiger charge is 2.20. The molecular formula is C11H11F2N5OS. The Balaban J connectivity index is 2.06. The number of amides is 1. The van der Waals surface area contributed by atoms with Crippen LogP contribution < -0.4 is 5.32 Å². The molecule has 6 nitrogen and oxygen atoms in total. The van der Waals surface area contributed by atoms with E-state index in [4.69, 9.17) is 0 Å². The maximum absolute atomic E-state index is 13.4. The summed E-state index contributed by atoms with van der Waals surface area (Å²) < 4.78 is 28.2. The quantitative estimate of drug-likeness (QED) is 0.868. The minimum atomic E-state index is -0.823. The molecule has 0 spiro atoms. The third kappa shape index (κ3) is 3.10. The molecule has 0 unspecified atom stereocenters. The number of nitrogens with one attached hydrogen (secondary N) is 1. The van der Waals surface area contributed by atoms with E-state index in [1.165, 1.54) is 10.7 Å². The van der Waals surface area contributed by atoms with Crippen molar-refractivity contribution in [2.75, 3.05) is 5.32 Å². The Morgan fingerprint density at radius 1 is 1.40 bits per heavy atom. The maximum Gasteiger partial charge on any atom is 0.237 e. The molecular weight excluding hydrogens is 288 g/mol. The van der Waals surface area contributed by atoms with Crippen LogP contribution >= 0.6 is 11.8 Å². The molecule has 0 fully saturated rings. The summed E-state index contributed by atoms with van der Waals surface area (Å²) in [7, 11) is 1.63. The minimum absolute atomic E-state index is 0.432. The van der Waals surface area contributed by atoms with E-state index >= 15 is 0 Å². The molecule has 1 aromatic carbocycles. The highest BCUT2D eigenvalue weighted by molar-refractivity contribution is 8.00. The van der Waals surface area contributed by atoms with Crippen LogP contribution in [0.4, 0.5) is 14.5 Å². The van der Waals surface area contributed by atoms with Gasteiger partial charge in [-0.15, -0.1) is 5.10 Å². The van der Waals surface area contributed by atoms with Crippen molar-refractivity contribution in [3.63, 3.8) is 0 Å². The molecule has 2 aromatic rings. The molecule has 0 aliphatic rings. The lowest BCUT2D eigenvalue weighted by atomic mass is 10.3. The number of benzene rings is 1. The van der Waals surface area contributed by atoms with Crippen LogP contribution in [0.25, 0.3) is 0 Å². The van der Waals surface area contributed by atoms with E-state index < -0.39 is 28.5 Å². The summed E-state index contributed by atoms with van der Waals surface area (Å²) in [5, 5.41) is 12.8. The maximum atomic E-state index is 13.4. The molecule has 1 heterocycles. The van der Waals surface area contributed by atoms with Gasteiger partial charge < -0.3 is 5.32 Å². The van der Waals surface area contributed by atoms with Gasteiger partial charge in [-0.05, 0) is 29.5 Å². The lowest BCUT2D eigenvalue weighted by Crippen LogP contribution is -2.24. The molecule has 0 saturated heterocycles. The Hall–Kier alpha value is -2.03. The zero-order valence-electron chi connectivity index (χ0n) is 10.7. The molecule has 2 rings (SSSR count). The predicted octanol–water partition coefficient (Wildman–Crippen LogP) is 1.61. The first-order chi connectivity index (χ1) is 9.49. The summed E-state index contributed by atoms with van der Waals surface area (Å²) in [4.78, 5) is 11.9. The van der Waals surface area contributed by atoms with Crippen LogP contribution in [0.15, 0.2) is 23.4 Å². The van der Waals surface area contributed by atoms with Gasteiger partial charge in [0.2, 0.25) is 11.1 Å². The molecule has 0 aliphatic carbocycles. The Bertz CT molecular complexity index is 613. The first-order valence-electron chi connectivity index (χ1n) is 5.63. The highest BCUT2D eigenvalue weighted by atomic mass is 32.2. The van der Waals surface area contributed by atoms with Crippen molar-refractivity contribution in [1.82, 2.24) is 20.2 Å². The number of halogens is 2. The molecule has 1 amide bonds. The van der Waals surface area contributed by atoms with Gasteiger partial charge in [0.05, 0.1) is 5.25 Å². The van der Waals surface area contributed by atoms with E-state index in [0.29, 0.717) is 5.16 Å². The number of nitrogens with zero attached hydrogens (tertiary/aromatic N) is 4. The lowest BCUT2D eigenvalue weighted by molar-refractivity contribution is -0.115. The van der Waals surface area contributed by atoms with Gasteiger partial charge in [0.1, 0.15) is 17.3 Å². The van der Waals surface area contributed by atoms with Crippen LogP contribution in [0, 0.1) is 11.6 Å². The fourth-order valence-electron chi connectivity index (χ4n) is 1.37. The second kappa shape index (κ2) is 5.95. The van der Waals surface area contributed by atoms with Crippen LogP contribution in [-0.4, -0.2) is 31.4 Å². The summed E-state index contributed by atoms with van der Waals surface area (Å²) in [6, 6.07) is 3.37. The smallest absolute Gasteiger partial charge is 0.237 e. The first-order valence-corrected chi connectivity index (χ1v) is 6.51. The van der Waals surface area contributed by atoms with Crippen LogP contribution in [0.5, 0.6) is 0 Å². The Morgan fingerprint density at radius 2 is 2.05 bits per heavy atom. The van der Waals surface area contributed by atoms with Crippen LogP contribution in [-0.2, 0) is 11.8 Å². The van der Waals surface area contributed by atoms with E-state index in [1.54, 1.807) is 14.0 Å². The number of para-hydroxylation sites is 1. The number of aryl methyl sites for hydroxylation is 1. The van der Waals surface area contributed by atoms with Crippen molar-refractivity contribution in [1.29, 1.82) is 0 Å². The number of hydrogen-bond acceptors (Lipinski definition) is 5. The van der Waals surface area contributed by atoms with Crippen molar-refractivity contribution >= 4 is 23.4 Å². The molecule has 106 valence electrons. The Labute approximate surface area is 117 Å². The molecule has 1 N–H and O–H groups in total. The van der Waals surface area contributed by atoms with Gasteiger partial charge in [-0.3, -0.25) is 4.79 Å². The van der Waals surface area contributed by atoms with Crippen LogP contribution in [0.3, 0.4) is 0 Å². The normalized spacial score (nSPS) is 12.2. The van der Waals surface area contributed by atoms with Crippen molar-refractivity contribution in [3.8, 4) is 0 Å². The van der Waals surface area contributed by atoms with E-state index in [9.17, 15) is 13.6 Å². The van der Waals surface area contributed by atoms with Crippen molar-refractivity contribution < 1.29 is 13.6 Å². The first kappa shape index (κ1) is 14.4. The molecule has 1 aromatic heterocycles. The number of carbonyl (C=O) groups excluding carboxylic acids is 1. The molecule has 0 saturated carbocycles. The van der Waals surface area contributed by atoms with E-state index in [0.717, 1.165) is 23.9 Å². The van der Waals surface area contributed by atoms with Gasteiger partial charge in [-0.1, -0.05) is 17.8 Å². The van der Waals surface area contributed by atoms with Gasteiger partial charge in [-0.2, -0.15) is 0 Å². The summed E-state index contributed by atoms with van der Waals surface area (Å²) in [6.07, 6.45) is 0. The predicted molar refractivity (Wildman–Crippen MR) is 69.1 cm³/mol. The summed E-state index contributed by atoms with van der Waals surface area (Å²) >= 11 is 1.09. The third-order valence-corrected chi connectivity index (χ3v) is 3.57. The molecule has 1 atom stereocenters. The molecule has 0 aliphatic heterocycles. The summed E-state index contributed by atoms with van der Waals surface area (Å²) in [5.74, 6) is -2.19. The Kier molecular flexibility index (Phi) is 4.28. The number of anilines is 1. The number of thioether (sulfide) groups is 1. The number of tetrazole rings is 1. The van der Waals surface area contributed by atoms with Crippen molar-refractivity contribution in [3.05, 3.63) is 29.8 Å². The fourth-order valence-corrected chi connectivity index (χ4v) is 2.13. The summed E-state index contributed by atoms with van der Waals surface area (Å²) in [5.41, 5.74) is -0.457. The second-order valence-corrected chi connectivity index (χ2v) is 5.24. The summed E-state index contributed by atoms with van der Waals surface area (Å²) in [6.45, 7) is 1.59. The molecule has 0 radical (unpaired) electrons. The van der Waals surface area contributed by atoms with Crippen LogP contribution in [0.1, 0.15) is 6.92 Å². The van der Waals surface area contributed by atoms with Gasteiger partial charge in [-0.25, -0.2) is 13.5 Å². The highest BCUT2D eigenvalue weighted by Crippen LogP contribution is 2.23. The molecule has 0 bridgehead atoms. The second-order valence-electron chi connectivity index (χ2n) is 3.93. The zero-order chi connectivity index (χ0) is 14.7. The largest absolute Gasteiger partial charge is 0.320 e. The van der Waals surface area contributed by atoms with Gasteiger partial charge >= 0.3 is 0 Å². The third-order valence-electron chi connectivity index (χ3n) is 2.44. The van der Waals surface area contributed by atoms with E-state index in [2.05, 4.69) is 20.8 Å². The number of aromatic nitrogens is 4. The topological polar surface area (TPSA) is 72.7 Å². The zero-order valence-corrected chi connectivity index (χ0v) is 11.5. The number of carbonyl (C=O) groups is 1.